The molecule has 30 heavy (non-hydrogen) atoms. The molecule has 4 rings (SSSR count). The summed E-state index contributed by atoms with van der Waals surface area (Å²) in [7, 11) is 0. The highest BCUT2D eigenvalue weighted by atomic mass is 16.5. The summed E-state index contributed by atoms with van der Waals surface area (Å²) in [5.41, 5.74) is 7.76. The van der Waals surface area contributed by atoms with Crippen LogP contribution in [-0.4, -0.2) is 23.4 Å². The molecule has 0 saturated carbocycles. The van der Waals surface area contributed by atoms with E-state index in [4.69, 9.17) is 10.5 Å². The summed E-state index contributed by atoms with van der Waals surface area (Å²) >= 11 is 0. The van der Waals surface area contributed by atoms with Crippen LogP contribution in [0.25, 0.3) is 22.0 Å². The van der Waals surface area contributed by atoms with E-state index in [1.165, 1.54) is 0 Å². The number of aromatic nitrogens is 1. The number of rotatable bonds is 6. The van der Waals surface area contributed by atoms with Gasteiger partial charge in [-0.15, -0.1) is 0 Å². The van der Waals surface area contributed by atoms with Crippen LogP contribution in [0.3, 0.4) is 0 Å². The fourth-order valence-corrected chi connectivity index (χ4v) is 3.20. The second-order valence-corrected chi connectivity index (χ2v) is 6.66. The molecule has 0 aliphatic heterocycles. The Hall–Kier alpha value is -4.19. The van der Waals surface area contributed by atoms with Crippen molar-refractivity contribution in [3.63, 3.8) is 0 Å². The Balaban J connectivity index is 1.51. The fourth-order valence-electron chi connectivity index (χ4n) is 3.20. The summed E-state index contributed by atoms with van der Waals surface area (Å²) in [4.78, 5) is 27.9. The van der Waals surface area contributed by atoms with E-state index in [1.54, 1.807) is 42.6 Å². The first-order valence-electron chi connectivity index (χ1n) is 9.37. The number of benzene rings is 3. The average molecular weight is 397 g/mol. The fraction of sp³-hybridized carbons (Fsp3) is 0.0417. The number of anilines is 1. The molecule has 6 heteroatoms. The topological polar surface area (TPSA) is 94.3 Å². The van der Waals surface area contributed by atoms with Crippen molar-refractivity contribution in [2.24, 2.45) is 5.73 Å². The third-order valence-electron chi connectivity index (χ3n) is 4.63. The first-order valence-corrected chi connectivity index (χ1v) is 9.37. The molecule has 6 nitrogen and oxygen atoms in total. The van der Waals surface area contributed by atoms with Gasteiger partial charge in [-0.1, -0.05) is 42.5 Å². The van der Waals surface area contributed by atoms with Gasteiger partial charge in [-0.3, -0.25) is 14.6 Å². The molecule has 0 aliphatic rings. The van der Waals surface area contributed by atoms with Gasteiger partial charge in [-0.2, -0.15) is 0 Å². The quantitative estimate of drug-likeness (QED) is 0.514. The van der Waals surface area contributed by atoms with Crippen LogP contribution < -0.4 is 15.8 Å². The van der Waals surface area contributed by atoms with Gasteiger partial charge in [0.1, 0.15) is 11.4 Å². The van der Waals surface area contributed by atoms with Gasteiger partial charge in [0.2, 0.25) is 5.91 Å². The maximum Gasteiger partial charge on any atom is 0.262 e. The lowest BCUT2D eigenvalue weighted by Gasteiger charge is -2.12. The van der Waals surface area contributed by atoms with Crippen LogP contribution in [-0.2, 0) is 4.79 Å². The highest BCUT2D eigenvalue weighted by Crippen LogP contribution is 2.33. The van der Waals surface area contributed by atoms with E-state index in [9.17, 15) is 9.59 Å². The van der Waals surface area contributed by atoms with E-state index >= 15 is 0 Å². The predicted octanol–water partition coefficient (Wildman–Crippen LogP) is 4.02. The maximum absolute atomic E-state index is 12.3. The Kier molecular flexibility index (Phi) is 5.39. The van der Waals surface area contributed by atoms with E-state index in [0.29, 0.717) is 22.7 Å². The Morgan fingerprint density at radius 2 is 1.67 bits per heavy atom. The van der Waals surface area contributed by atoms with Gasteiger partial charge in [0, 0.05) is 23.0 Å². The van der Waals surface area contributed by atoms with Crippen LogP contribution in [0.1, 0.15) is 10.4 Å². The van der Waals surface area contributed by atoms with Gasteiger partial charge in [0.25, 0.3) is 5.91 Å². The van der Waals surface area contributed by atoms with Crippen molar-refractivity contribution in [3.05, 3.63) is 90.6 Å². The zero-order valence-corrected chi connectivity index (χ0v) is 16.0. The van der Waals surface area contributed by atoms with Crippen molar-refractivity contribution in [2.45, 2.75) is 0 Å². The van der Waals surface area contributed by atoms with Crippen LogP contribution in [0.2, 0.25) is 0 Å². The Bertz CT molecular complexity index is 1210. The molecule has 0 unspecified atom stereocenters. The molecule has 0 spiro atoms. The lowest BCUT2D eigenvalue weighted by molar-refractivity contribution is -0.118. The first-order chi connectivity index (χ1) is 14.6. The summed E-state index contributed by atoms with van der Waals surface area (Å²) in [5.74, 6) is -0.323. The number of nitrogens with one attached hydrogen (secondary N) is 1. The largest absolute Gasteiger partial charge is 0.481 e. The molecule has 0 atom stereocenters. The van der Waals surface area contributed by atoms with Crippen LogP contribution in [0, 0.1) is 0 Å². The molecule has 1 aromatic heterocycles. The van der Waals surface area contributed by atoms with Crippen molar-refractivity contribution < 1.29 is 14.3 Å². The maximum atomic E-state index is 12.3. The molecule has 148 valence electrons. The van der Waals surface area contributed by atoms with Crippen molar-refractivity contribution >= 4 is 28.3 Å². The Morgan fingerprint density at radius 3 is 2.47 bits per heavy atom. The third kappa shape index (κ3) is 4.12. The average Bonchev–Trinajstić information content (AvgIpc) is 2.78. The van der Waals surface area contributed by atoms with Crippen molar-refractivity contribution in [1.29, 1.82) is 0 Å². The van der Waals surface area contributed by atoms with Gasteiger partial charge in [-0.05, 0) is 47.2 Å². The van der Waals surface area contributed by atoms with Gasteiger partial charge in [0.05, 0.1) is 0 Å². The van der Waals surface area contributed by atoms with E-state index < -0.39 is 5.91 Å². The predicted molar refractivity (Wildman–Crippen MR) is 116 cm³/mol. The number of primary amides is 1. The second-order valence-electron chi connectivity index (χ2n) is 6.66. The smallest absolute Gasteiger partial charge is 0.262 e. The van der Waals surface area contributed by atoms with Gasteiger partial charge < -0.3 is 15.8 Å². The molecule has 0 fully saturated rings. The lowest BCUT2D eigenvalue weighted by atomic mass is 10.0. The van der Waals surface area contributed by atoms with Crippen LogP contribution in [0.5, 0.6) is 5.75 Å². The van der Waals surface area contributed by atoms with Gasteiger partial charge >= 0.3 is 0 Å². The molecule has 4 aromatic rings. The number of fused-ring (bicyclic) bond motifs is 1. The van der Waals surface area contributed by atoms with Crippen molar-refractivity contribution in [1.82, 2.24) is 4.98 Å². The van der Waals surface area contributed by atoms with Crippen molar-refractivity contribution in [3.8, 4) is 17.0 Å². The number of nitrogens with two attached hydrogens (primary N) is 1. The zero-order chi connectivity index (χ0) is 20.9. The normalized spacial score (nSPS) is 10.5. The number of pyridine rings is 1. The number of ether oxygens (including phenoxy) is 1. The monoisotopic (exact) mass is 397 g/mol. The number of amides is 2. The number of carbonyl (C=O) groups excluding carboxylic acids is 2. The molecule has 0 saturated heterocycles. The second kappa shape index (κ2) is 8.45. The lowest BCUT2D eigenvalue weighted by Crippen LogP contribution is -2.20. The third-order valence-corrected chi connectivity index (χ3v) is 4.63. The van der Waals surface area contributed by atoms with E-state index in [0.717, 1.165) is 16.3 Å². The highest BCUT2D eigenvalue weighted by molar-refractivity contribution is 5.97. The van der Waals surface area contributed by atoms with Gasteiger partial charge in [-0.25, -0.2) is 0 Å². The summed E-state index contributed by atoms with van der Waals surface area (Å²) in [6.45, 7) is -0.180. The minimum absolute atomic E-state index is 0.180. The molecule has 3 aromatic carbocycles. The Labute approximate surface area is 173 Å². The van der Waals surface area contributed by atoms with Crippen LogP contribution in [0.15, 0.2) is 85.1 Å². The van der Waals surface area contributed by atoms with Gasteiger partial charge in [0.15, 0.2) is 6.61 Å². The molecule has 0 bridgehead atoms. The molecule has 3 N–H and O–H groups in total. The molecular formula is C24H19N3O3. The number of nitrogens with zero attached hydrogens (tertiary/aromatic N) is 1. The molecule has 0 radical (unpaired) electrons. The number of hydrogen-bond acceptors (Lipinski definition) is 4. The van der Waals surface area contributed by atoms with Crippen LogP contribution in [0.4, 0.5) is 5.69 Å². The first kappa shape index (κ1) is 19.1. The van der Waals surface area contributed by atoms with Crippen LogP contribution >= 0.6 is 0 Å². The number of carbonyl (C=O) groups is 2. The molecule has 1 heterocycles. The molecule has 0 aliphatic carbocycles. The minimum Gasteiger partial charge on any atom is -0.481 e. The summed E-state index contributed by atoms with van der Waals surface area (Å²) in [6, 6.07) is 23.9. The highest BCUT2D eigenvalue weighted by Gasteiger charge is 2.12. The van der Waals surface area contributed by atoms with E-state index in [1.807, 2.05) is 42.5 Å². The SMILES string of the molecule is NC(=O)c1ccc(NC(=O)COc2cccnc2-c2cccc3ccccc23)cc1. The Morgan fingerprint density at radius 1 is 0.900 bits per heavy atom. The minimum atomic E-state index is -0.520. The summed E-state index contributed by atoms with van der Waals surface area (Å²) < 4.78 is 5.79. The molecule has 2 amide bonds. The number of hydrogen-bond donors (Lipinski definition) is 2. The summed E-state index contributed by atoms with van der Waals surface area (Å²) in [6.07, 6.45) is 1.70. The van der Waals surface area contributed by atoms with Crippen molar-refractivity contribution in [2.75, 3.05) is 11.9 Å². The summed E-state index contributed by atoms with van der Waals surface area (Å²) in [5, 5.41) is 4.89. The van der Waals surface area contributed by atoms with E-state index in [2.05, 4.69) is 10.3 Å². The zero-order valence-electron chi connectivity index (χ0n) is 16.0. The standard InChI is InChI=1S/C24H19N3O3/c25-24(29)17-10-12-18(13-11-17)27-22(28)15-30-21-9-4-14-26-23(21)20-8-3-6-16-5-1-2-7-19(16)20/h1-14H,15H2,(H2,25,29)(H,27,28). The molecular weight excluding hydrogens is 378 g/mol. The van der Waals surface area contributed by atoms with E-state index in [-0.39, 0.29) is 12.5 Å².